The van der Waals surface area contributed by atoms with Crippen molar-refractivity contribution in [2.45, 2.75) is 36.6 Å². The molecule has 0 aliphatic carbocycles. The number of benzene rings is 1. The average molecular weight is 414 g/mol. The molecule has 10 nitrogen and oxygen atoms in total. The summed E-state index contributed by atoms with van der Waals surface area (Å²) >= 11 is 0. The lowest BCUT2D eigenvalue weighted by atomic mass is 9.89. The molecule has 2 aliphatic rings. The summed E-state index contributed by atoms with van der Waals surface area (Å²) in [6.07, 6.45) is -6.97. The van der Waals surface area contributed by atoms with Crippen LogP contribution in [0.4, 0.5) is 0 Å². The summed E-state index contributed by atoms with van der Waals surface area (Å²) in [5.74, 6) is -0.407. The summed E-state index contributed by atoms with van der Waals surface area (Å²) in [6, 6.07) is 5.29. The minimum absolute atomic E-state index is 0.150. The fourth-order valence-electron chi connectivity index (χ4n) is 3.56. The molecule has 2 heterocycles. The van der Waals surface area contributed by atoms with Crippen LogP contribution in [0, 0.1) is 5.92 Å². The summed E-state index contributed by atoms with van der Waals surface area (Å²) in [4.78, 5) is 12.2. The molecule has 29 heavy (non-hydrogen) atoms. The van der Waals surface area contributed by atoms with Crippen molar-refractivity contribution in [2.24, 2.45) is 5.92 Å². The molecule has 0 spiro atoms. The van der Waals surface area contributed by atoms with Gasteiger partial charge in [-0.15, -0.1) is 0 Å². The summed E-state index contributed by atoms with van der Waals surface area (Å²) in [5.41, 5.74) is 0.788. The van der Waals surface area contributed by atoms with Gasteiger partial charge in [-0.1, -0.05) is 6.07 Å². The maximum atomic E-state index is 12.2. The molecule has 2 fully saturated rings. The Bertz CT molecular complexity index is 708. The molecular formula is C19H26O10. The molecule has 10 heteroatoms. The number of esters is 1. The molecule has 1 aromatic rings. The highest BCUT2D eigenvalue weighted by Crippen LogP contribution is 2.37. The number of carbonyl (C=O) groups is 1. The number of aliphatic hydroxyl groups excluding tert-OH is 4. The van der Waals surface area contributed by atoms with Gasteiger partial charge in [-0.2, -0.15) is 0 Å². The molecule has 0 unspecified atom stereocenters. The predicted octanol–water partition coefficient (Wildman–Crippen LogP) is -1.22. The van der Waals surface area contributed by atoms with E-state index in [-0.39, 0.29) is 19.1 Å². The van der Waals surface area contributed by atoms with E-state index in [1.165, 1.54) is 14.2 Å². The lowest BCUT2D eigenvalue weighted by Gasteiger charge is -2.39. The Morgan fingerprint density at radius 1 is 1.07 bits per heavy atom. The van der Waals surface area contributed by atoms with Crippen LogP contribution in [-0.2, 0) is 19.0 Å². The van der Waals surface area contributed by atoms with Gasteiger partial charge in [0.05, 0.1) is 40.0 Å². The molecule has 1 aromatic carbocycles. The van der Waals surface area contributed by atoms with Crippen molar-refractivity contribution in [3.63, 3.8) is 0 Å². The average Bonchev–Trinajstić information content (AvgIpc) is 3.11. The molecule has 2 saturated heterocycles. The van der Waals surface area contributed by atoms with Crippen molar-refractivity contribution >= 4 is 5.97 Å². The fourth-order valence-corrected chi connectivity index (χ4v) is 3.56. The number of hydrogen-bond donors (Lipinski definition) is 4. The molecule has 0 radical (unpaired) electrons. The van der Waals surface area contributed by atoms with Crippen molar-refractivity contribution < 1.29 is 48.9 Å². The van der Waals surface area contributed by atoms with Gasteiger partial charge in [0.15, 0.2) is 17.8 Å². The predicted molar refractivity (Wildman–Crippen MR) is 96.5 cm³/mol. The van der Waals surface area contributed by atoms with Crippen molar-refractivity contribution in [2.75, 3.05) is 34.0 Å². The van der Waals surface area contributed by atoms with E-state index in [9.17, 15) is 25.2 Å². The van der Waals surface area contributed by atoms with Crippen LogP contribution in [0.5, 0.6) is 11.5 Å². The van der Waals surface area contributed by atoms with Crippen LogP contribution in [0.1, 0.15) is 11.5 Å². The van der Waals surface area contributed by atoms with Gasteiger partial charge >= 0.3 is 5.97 Å². The first kappa shape index (κ1) is 21.8. The SMILES string of the molecule is COc1ccc([C@H]2COC(=O)[C@@H]2CO[C@@H]2O[C@H](CO)[C@@H](O)[C@H](O)[C@H]2O)cc1OC. The van der Waals surface area contributed by atoms with Gasteiger partial charge in [0.25, 0.3) is 0 Å². The third kappa shape index (κ3) is 4.32. The minimum atomic E-state index is -1.55. The highest BCUT2D eigenvalue weighted by atomic mass is 16.7. The monoisotopic (exact) mass is 414 g/mol. The second-order valence-electron chi connectivity index (χ2n) is 6.99. The molecule has 3 rings (SSSR count). The maximum Gasteiger partial charge on any atom is 0.312 e. The first-order valence-corrected chi connectivity index (χ1v) is 9.22. The standard InChI is InChI=1S/C19H26O10/c1-25-12-4-3-9(5-13(12)26-2)10-7-27-18(24)11(10)8-28-19-17(23)16(22)15(21)14(6-20)29-19/h3-5,10-11,14-17,19-23H,6-8H2,1-2H3/t10-,11-,14-,15-,16+,17-,19-/m1/s1. The van der Waals surface area contributed by atoms with E-state index < -0.39 is 49.2 Å². The molecule has 2 aliphatic heterocycles. The van der Waals surface area contributed by atoms with Crippen molar-refractivity contribution in [1.29, 1.82) is 0 Å². The van der Waals surface area contributed by atoms with E-state index in [2.05, 4.69) is 0 Å². The summed E-state index contributed by atoms with van der Waals surface area (Å²) < 4.78 is 26.6. The number of aliphatic hydroxyl groups is 4. The molecule has 0 bridgehead atoms. The molecule has 7 atom stereocenters. The number of carbonyl (C=O) groups excluding carboxylic acids is 1. The van der Waals surface area contributed by atoms with Crippen molar-refractivity contribution in [1.82, 2.24) is 0 Å². The maximum absolute atomic E-state index is 12.2. The van der Waals surface area contributed by atoms with Crippen LogP contribution in [0.3, 0.4) is 0 Å². The fraction of sp³-hybridized carbons (Fsp3) is 0.632. The van der Waals surface area contributed by atoms with Gasteiger partial charge in [0, 0.05) is 5.92 Å². The minimum Gasteiger partial charge on any atom is -0.493 e. The molecule has 0 aromatic heterocycles. The number of rotatable bonds is 7. The zero-order chi connectivity index (χ0) is 21.1. The lowest BCUT2D eigenvalue weighted by Crippen LogP contribution is -2.59. The van der Waals surface area contributed by atoms with Crippen molar-refractivity contribution in [3.8, 4) is 11.5 Å². The smallest absolute Gasteiger partial charge is 0.312 e. The Morgan fingerprint density at radius 3 is 2.45 bits per heavy atom. The first-order chi connectivity index (χ1) is 13.9. The molecule has 0 amide bonds. The van der Waals surface area contributed by atoms with Crippen molar-refractivity contribution in [3.05, 3.63) is 23.8 Å². The highest BCUT2D eigenvalue weighted by Gasteiger charge is 2.45. The van der Waals surface area contributed by atoms with Crippen LogP contribution < -0.4 is 9.47 Å². The van der Waals surface area contributed by atoms with E-state index in [4.69, 9.17) is 23.7 Å². The van der Waals surface area contributed by atoms with E-state index in [0.717, 1.165) is 5.56 Å². The van der Waals surface area contributed by atoms with E-state index >= 15 is 0 Å². The Kier molecular flexibility index (Phi) is 6.93. The Hall–Kier alpha value is -1.95. The Balaban J connectivity index is 1.71. The third-order valence-corrected chi connectivity index (χ3v) is 5.32. The first-order valence-electron chi connectivity index (χ1n) is 9.22. The van der Waals surface area contributed by atoms with E-state index in [1.54, 1.807) is 18.2 Å². The van der Waals surface area contributed by atoms with Crippen LogP contribution in [-0.4, -0.2) is 91.1 Å². The lowest BCUT2D eigenvalue weighted by molar-refractivity contribution is -0.302. The highest BCUT2D eigenvalue weighted by molar-refractivity contribution is 5.76. The van der Waals surface area contributed by atoms with Gasteiger partial charge in [-0.05, 0) is 17.7 Å². The normalized spacial score (nSPS) is 34.7. The Labute approximate surface area is 167 Å². The van der Waals surface area contributed by atoms with Gasteiger partial charge in [0.1, 0.15) is 24.4 Å². The van der Waals surface area contributed by atoms with Crippen LogP contribution >= 0.6 is 0 Å². The van der Waals surface area contributed by atoms with E-state index in [0.29, 0.717) is 11.5 Å². The van der Waals surface area contributed by atoms with Gasteiger partial charge in [0.2, 0.25) is 0 Å². The number of cyclic esters (lactones) is 1. The summed E-state index contributed by atoms with van der Waals surface area (Å²) in [7, 11) is 3.04. The molecule has 0 saturated carbocycles. The van der Waals surface area contributed by atoms with E-state index in [1.807, 2.05) is 0 Å². The van der Waals surface area contributed by atoms with Crippen LogP contribution in [0.2, 0.25) is 0 Å². The van der Waals surface area contributed by atoms with Gasteiger partial charge < -0.3 is 44.1 Å². The topological polar surface area (TPSA) is 144 Å². The molecule has 4 N–H and O–H groups in total. The second-order valence-corrected chi connectivity index (χ2v) is 6.99. The quantitative estimate of drug-likeness (QED) is 0.401. The zero-order valence-corrected chi connectivity index (χ0v) is 16.1. The molecule has 162 valence electrons. The number of hydrogen-bond acceptors (Lipinski definition) is 10. The second kappa shape index (κ2) is 9.24. The molecular weight excluding hydrogens is 388 g/mol. The van der Waals surface area contributed by atoms with Crippen LogP contribution in [0.25, 0.3) is 0 Å². The largest absolute Gasteiger partial charge is 0.493 e. The third-order valence-electron chi connectivity index (χ3n) is 5.32. The Morgan fingerprint density at radius 2 is 1.79 bits per heavy atom. The van der Waals surface area contributed by atoms with Gasteiger partial charge in [-0.25, -0.2) is 0 Å². The number of ether oxygens (including phenoxy) is 5. The number of methoxy groups -OCH3 is 2. The summed E-state index contributed by atoms with van der Waals surface area (Å²) in [6.45, 7) is -0.567. The van der Waals surface area contributed by atoms with Crippen LogP contribution in [0.15, 0.2) is 18.2 Å². The summed E-state index contributed by atoms with van der Waals surface area (Å²) in [5, 5.41) is 39.0. The zero-order valence-electron chi connectivity index (χ0n) is 16.1. The van der Waals surface area contributed by atoms with Gasteiger partial charge in [-0.3, -0.25) is 4.79 Å².